The molecule has 0 unspecified atom stereocenters. The molecule has 0 bridgehead atoms. The summed E-state index contributed by atoms with van der Waals surface area (Å²) in [4.78, 5) is 8.03. The lowest BCUT2D eigenvalue weighted by Gasteiger charge is -1.88. The maximum absolute atomic E-state index is 5.19. The molecule has 4 heterocycles. The van der Waals surface area contributed by atoms with Crippen molar-refractivity contribution < 1.29 is 0 Å². The highest BCUT2D eigenvalue weighted by Gasteiger charge is 2.01. The van der Waals surface area contributed by atoms with E-state index in [1.54, 1.807) is 12.4 Å². The minimum absolute atomic E-state index is 0.775. The summed E-state index contributed by atoms with van der Waals surface area (Å²) in [5.74, 6) is 8.63. The monoisotopic (exact) mass is 474 g/mol. The molecule has 4 rings (SSSR count). The van der Waals surface area contributed by atoms with E-state index in [1.165, 1.54) is 0 Å². The highest BCUT2D eigenvalue weighted by Crippen LogP contribution is 2.07. The van der Waals surface area contributed by atoms with Gasteiger partial charge in [0.15, 0.2) is 0 Å². The molecule has 2 N–H and O–H groups in total. The first-order chi connectivity index (χ1) is 14.9. The zero-order chi connectivity index (χ0) is 22.6. The third-order valence-corrected chi connectivity index (χ3v) is 4.48. The first-order valence-electron chi connectivity index (χ1n) is 9.41. The van der Waals surface area contributed by atoms with E-state index in [0.29, 0.717) is 0 Å². The van der Waals surface area contributed by atoms with Gasteiger partial charge in [-0.1, -0.05) is 24.0 Å². The number of aromatic amines is 2. The van der Waals surface area contributed by atoms with Crippen LogP contribution in [0.4, 0.5) is 0 Å². The number of terminal acetylenes is 1. The highest BCUT2D eigenvalue weighted by atomic mass is 79.9. The molecule has 0 fully saturated rings. The van der Waals surface area contributed by atoms with E-state index in [0.717, 1.165) is 44.2 Å². The molecular formula is C24H23BrN6. The van der Waals surface area contributed by atoms with Crippen molar-refractivity contribution >= 4 is 15.9 Å². The van der Waals surface area contributed by atoms with Crippen LogP contribution in [0, 0.1) is 51.9 Å². The van der Waals surface area contributed by atoms with Gasteiger partial charge in [-0.25, -0.2) is 9.97 Å². The van der Waals surface area contributed by atoms with E-state index in [9.17, 15) is 0 Å². The van der Waals surface area contributed by atoms with Gasteiger partial charge in [-0.2, -0.15) is 10.2 Å². The Morgan fingerprint density at radius 2 is 1.35 bits per heavy atom. The number of H-pyrrole nitrogens is 2. The van der Waals surface area contributed by atoms with Crippen molar-refractivity contribution in [3.8, 4) is 24.2 Å². The Morgan fingerprint density at radius 1 is 0.774 bits per heavy atom. The van der Waals surface area contributed by atoms with Crippen LogP contribution in [0.1, 0.15) is 39.6 Å². The van der Waals surface area contributed by atoms with Crippen LogP contribution in [0.3, 0.4) is 0 Å². The van der Waals surface area contributed by atoms with E-state index in [-0.39, 0.29) is 0 Å². The molecule has 0 radical (unpaired) electrons. The number of nitrogens with zero attached hydrogens (tertiary/aromatic N) is 4. The molecule has 0 aliphatic carbocycles. The summed E-state index contributed by atoms with van der Waals surface area (Å²) in [7, 11) is 0. The van der Waals surface area contributed by atoms with Crippen molar-refractivity contribution in [2.75, 3.05) is 0 Å². The second kappa shape index (κ2) is 12.1. The van der Waals surface area contributed by atoms with Crippen molar-refractivity contribution in [1.82, 2.24) is 30.4 Å². The highest BCUT2D eigenvalue weighted by molar-refractivity contribution is 9.10. The van der Waals surface area contributed by atoms with Crippen LogP contribution >= 0.6 is 15.9 Å². The first-order valence-corrected chi connectivity index (χ1v) is 10.2. The van der Waals surface area contributed by atoms with E-state index in [2.05, 4.69) is 64.1 Å². The molecule has 4 aromatic heterocycles. The van der Waals surface area contributed by atoms with Gasteiger partial charge in [0, 0.05) is 23.8 Å². The largest absolute Gasteiger partial charge is 0.281 e. The SMILES string of the molecule is Brc1ccccn1.C#Cc1c(C)n[nH]c1C.Cc1n[nH]c(C)c1C#Cc1ccccn1. The fourth-order valence-electron chi connectivity index (χ4n) is 2.40. The maximum atomic E-state index is 5.19. The van der Waals surface area contributed by atoms with Crippen LogP contribution < -0.4 is 0 Å². The number of nitrogens with one attached hydrogen (secondary N) is 2. The Bertz CT molecular complexity index is 1150. The zero-order valence-corrected chi connectivity index (χ0v) is 19.4. The average Bonchev–Trinajstić information content (AvgIpc) is 3.28. The van der Waals surface area contributed by atoms with Crippen molar-refractivity contribution in [3.63, 3.8) is 0 Å². The number of hydrogen-bond acceptors (Lipinski definition) is 4. The molecular weight excluding hydrogens is 452 g/mol. The fourth-order valence-corrected chi connectivity index (χ4v) is 2.67. The summed E-state index contributed by atoms with van der Waals surface area (Å²) in [5, 5.41) is 13.7. The van der Waals surface area contributed by atoms with Crippen LogP contribution in [-0.2, 0) is 0 Å². The van der Waals surface area contributed by atoms with Crippen LogP contribution in [0.25, 0.3) is 0 Å². The summed E-state index contributed by atoms with van der Waals surface area (Å²) in [5.41, 5.74) is 6.41. The van der Waals surface area contributed by atoms with E-state index in [1.807, 2.05) is 64.1 Å². The molecule has 0 aliphatic rings. The average molecular weight is 475 g/mol. The Labute approximate surface area is 191 Å². The van der Waals surface area contributed by atoms with Crippen LogP contribution in [-0.4, -0.2) is 30.4 Å². The number of aryl methyl sites for hydroxylation is 4. The van der Waals surface area contributed by atoms with E-state index >= 15 is 0 Å². The smallest absolute Gasteiger partial charge is 0.113 e. The number of rotatable bonds is 0. The topological polar surface area (TPSA) is 83.1 Å². The molecule has 4 aromatic rings. The van der Waals surface area contributed by atoms with Crippen molar-refractivity contribution in [2.45, 2.75) is 27.7 Å². The standard InChI is InChI=1S/C12H11N3.C7H8N2.C5H4BrN/c1-9-12(10(2)15-14-9)7-6-11-5-3-4-8-13-11;1-4-7-5(2)8-9-6(7)3;6-5-3-1-2-4-7-5/h3-5,8H,1-2H3,(H,14,15);1H,2-3H3,(H,8,9);1-4H. The van der Waals surface area contributed by atoms with Gasteiger partial charge >= 0.3 is 0 Å². The Balaban J connectivity index is 0.000000181. The molecule has 156 valence electrons. The van der Waals surface area contributed by atoms with E-state index < -0.39 is 0 Å². The molecule has 0 aromatic carbocycles. The molecule has 0 spiro atoms. The molecule has 0 saturated carbocycles. The first kappa shape index (κ1) is 23.6. The van der Waals surface area contributed by atoms with E-state index in [4.69, 9.17) is 6.42 Å². The number of aromatic nitrogens is 6. The predicted molar refractivity (Wildman–Crippen MR) is 126 cm³/mol. The quantitative estimate of drug-likeness (QED) is 0.286. The Hall–Kier alpha value is -3.68. The third-order valence-electron chi connectivity index (χ3n) is 4.01. The van der Waals surface area contributed by atoms with Crippen molar-refractivity contribution in [1.29, 1.82) is 0 Å². The fraction of sp³-hybridized carbons (Fsp3) is 0.167. The van der Waals surface area contributed by atoms with Crippen molar-refractivity contribution in [3.05, 3.63) is 93.0 Å². The van der Waals surface area contributed by atoms with Crippen LogP contribution in [0.5, 0.6) is 0 Å². The van der Waals surface area contributed by atoms with Gasteiger partial charge in [0.2, 0.25) is 0 Å². The van der Waals surface area contributed by atoms with Gasteiger partial charge < -0.3 is 0 Å². The lowest BCUT2D eigenvalue weighted by molar-refractivity contribution is 1.02. The summed E-state index contributed by atoms with van der Waals surface area (Å²) < 4.78 is 0.884. The summed E-state index contributed by atoms with van der Waals surface area (Å²) in [6.45, 7) is 7.70. The van der Waals surface area contributed by atoms with Gasteiger partial charge in [-0.3, -0.25) is 10.2 Å². The normalized spacial score (nSPS) is 9.16. The van der Waals surface area contributed by atoms with Gasteiger partial charge in [0.1, 0.15) is 10.3 Å². The lowest BCUT2D eigenvalue weighted by atomic mass is 10.2. The summed E-state index contributed by atoms with van der Waals surface area (Å²) in [6, 6.07) is 11.4. The van der Waals surface area contributed by atoms with Gasteiger partial charge in [0.25, 0.3) is 0 Å². The van der Waals surface area contributed by atoms with Crippen LogP contribution in [0.15, 0.2) is 53.4 Å². The third kappa shape index (κ3) is 7.58. The second-order valence-electron chi connectivity index (χ2n) is 6.38. The summed E-state index contributed by atoms with van der Waals surface area (Å²) >= 11 is 3.20. The minimum Gasteiger partial charge on any atom is -0.281 e. The molecule has 31 heavy (non-hydrogen) atoms. The maximum Gasteiger partial charge on any atom is 0.113 e. The predicted octanol–water partition coefficient (Wildman–Crippen LogP) is 4.67. The molecule has 7 heteroatoms. The molecule has 0 aliphatic heterocycles. The molecule has 0 atom stereocenters. The molecule has 0 saturated heterocycles. The zero-order valence-electron chi connectivity index (χ0n) is 17.9. The summed E-state index contributed by atoms with van der Waals surface area (Å²) in [6.07, 6.45) is 8.66. The van der Waals surface area contributed by atoms with Gasteiger partial charge in [-0.05, 0) is 73.8 Å². The number of hydrogen-bond donors (Lipinski definition) is 2. The molecule has 6 nitrogen and oxygen atoms in total. The molecule has 0 amide bonds. The Kier molecular flexibility index (Phi) is 9.22. The van der Waals surface area contributed by atoms with Gasteiger partial charge in [-0.15, -0.1) is 6.42 Å². The van der Waals surface area contributed by atoms with Gasteiger partial charge in [0.05, 0.1) is 22.5 Å². The number of pyridine rings is 2. The minimum atomic E-state index is 0.775. The van der Waals surface area contributed by atoms with Crippen LogP contribution in [0.2, 0.25) is 0 Å². The second-order valence-corrected chi connectivity index (χ2v) is 7.19. The number of halogens is 1. The lowest BCUT2D eigenvalue weighted by Crippen LogP contribution is -1.82. The van der Waals surface area contributed by atoms with Crippen molar-refractivity contribution in [2.24, 2.45) is 0 Å². The Morgan fingerprint density at radius 3 is 1.71 bits per heavy atom.